The van der Waals surface area contributed by atoms with Gasteiger partial charge in [-0.2, -0.15) is 28.7 Å². The number of aliphatic hydroxyl groups excluding tert-OH is 1. The maximum Gasteiger partial charge on any atom is 0.534 e. The molecule has 0 aromatic heterocycles. The molecule has 1 saturated heterocycles. The summed E-state index contributed by atoms with van der Waals surface area (Å²) >= 11 is 0. The van der Waals surface area contributed by atoms with Crippen LogP contribution in [0.15, 0.2) is 35.1 Å². The van der Waals surface area contributed by atoms with Crippen molar-refractivity contribution in [1.29, 1.82) is 0 Å². The second kappa shape index (κ2) is 32.9. The van der Waals surface area contributed by atoms with Crippen LogP contribution in [0.2, 0.25) is 0 Å². The van der Waals surface area contributed by atoms with Gasteiger partial charge >= 0.3 is 51.7 Å². The van der Waals surface area contributed by atoms with Gasteiger partial charge in [-0.3, -0.25) is 24.4 Å². The van der Waals surface area contributed by atoms with E-state index in [1.54, 1.807) is 27.8 Å². The van der Waals surface area contributed by atoms with Crippen LogP contribution in [-0.4, -0.2) is 252 Å². The Morgan fingerprint density at radius 3 is 1.39 bits per heavy atom. The number of aliphatic hydroxyl groups is 1. The van der Waals surface area contributed by atoms with E-state index in [4.69, 9.17) is 31.4 Å². The fourth-order valence-corrected chi connectivity index (χ4v) is 8.90. The predicted molar refractivity (Wildman–Crippen MR) is 307 cm³/mol. The van der Waals surface area contributed by atoms with Crippen LogP contribution in [0.4, 0.5) is 22.8 Å². The zero-order valence-corrected chi connectivity index (χ0v) is 46.2. The molecule has 4 heterocycles. The maximum absolute atomic E-state index is 12.2. The third kappa shape index (κ3) is 23.2. The molecule has 1 N–H and O–H groups in total. The molecule has 3 saturated carbocycles. The van der Waals surface area contributed by atoms with Gasteiger partial charge in [0, 0.05) is 48.1 Å². The number of ether oxygens (including phenoxy) is 6. The first-order valence-corrected chi connectivity index (χ1v) is 25.3. The first-order valence-electron chi connectivity index (χ1n) is 23.9. The Labute approximate surface area is 474 Å². The van der Waals surface area contributed by atoms with Gasteiger partial charge < -0.3 is 44.8 Å². The zero-order chi connectivity index (χ0) is 61.0. The topological polar surface area (TPSA) is 234 Å². The predicted octanol–water partition coefficient (Wildman–Crippen LogP) is -1.52. The number of hydrogen-bond donors (Lipinski definition) is 1. The van der Waals surface area contributed by atoms with E-state index in [0.29, 0.717) is 32.0 Å². The Bertz CT molecular complexity index is 2230. The lowest BCUT2D eigenvalue weighted by Crippen LogP contribution is -2.46. The summed E-state index contributed by atoms with van der Waals surface area (Å²) in [5.41, 5.74) is -4.46. The number of likely N-dealkylation sites (N-methyl/N-ethyl adjacent to an activating group) is 2. The van der Waals surface area contributed by atoms with Crippen molar-refractivity contribution in [2.24, 2.45) is 23.7 Å². The number of likely N-dealkylation sites (tertiary alicyclic amines) is 1. The zero-order valence-electron chi connectivity index (χ0n) is 45.4. The van der Waals surface area contributed by atoms with Gasteiger partial charge in [-0.1, -0.05) is 19.9 Å². The number of methoxy groups -OCH3 is 4. The molecular weight excluding hydrogens is 1050 g/mol. The van der Waals surface area contributed by atoms with Gasteiger partial charge in [0.1, 0.15) is 29.0 Å². The SMILES string of the molecule is COC(=O)[C@@H]1C(C2CC2)=CCN1C.COC(=O)[C@@H]1C(C2CC2)=CCN1C(=O)OC(C)(C)C.COC(=O)[C@@H]1C(OS(=O)(=O)C(F)(F)F)=CCN1C.COC(=O)[C@@H]1[C@H](C2CC2)[C@@H](O)CN1C(=O)OC(C)(C)C.[BH3-][B][BH3-].[B][B][BH3-].[B][B][B]. The number of halogens is 3. The van der Waals surface area contributed by atoms with Gasteiger partial charge in [0.15, 0.2) is 12.1 Å². The molecule has 7 rings (SSSR count). The number of amides is 2. The van der Waals surface area contributed by atoms with Crippen LogP contribution < -0.4 is 0 Å². The van der Waals surface area contributed by atoms with E-state index in [1.807, 2.05) is 38.8 Å². The Morgan fingerprint density at radius 2 is 1.00 bits per heavy atom. The monoisotopic (exact) mass is 1130 g/mol. The van der Waals surface area contributed by atoms with E-state index in [9.17, 15) is 55.5 Å². The number of nitrogens with zero attached hydrogens (tertiary/aromatic N) is 4. The summed E-state index contributed by atoms with van der Waals surface area (Å²) in [5, 5.41) is 10.2. The van der Waals surface area contributed by atoms with Gasteiger partial charge in [-0.15, -0.1) is 15.5 Å². The highest BCUT2D eigenvalue weighted by molar-refractivity contribution is 7.87. The molecule has 20 nitrogen and oxygen atoms in total. The summed E-state index contributed by atoms with van der Waals surface area (Å²) in [6.45, 7) is 12.2. The van der Waals surface area contributed by atoms with Crippen LogP contribution in [0.5, 0.6) is 0 Å². The average molecular weight is 1130 g/mol. The van der Waals surface area contributed by atoms with Crippen LogP contribution in [0.3, 0.4) is 0 Å². The Morgan fingerprint density at radius 1 is 0.633 bits per heavy atom. The molecule has 0 spiro atoms. The molecule has 79 heavy (non-hydrogen) atoms. The summed E-state index contributed by atoms with van der Waals surface area (Å²) in [4.78, 5) is 77.1. The highest BCUT2D eigenvalue weighted by atomic mass is 32.2. The number of alkyl halides is 3. The second-order valence-corrected chi connectivity index (χ2v) is 21.6. The third-order valence-electron chi connectivity index (χ3n) is 12.1. The number of esters is 4. The van der Waals surface area contributed by atoms with Crippen LogP contribution in [-0.2, 0) is 61.9 Å². The van der Waals surface area contributed by atoms with Crippen molar-refractivity contribution in [3.8, 4) is 0 Å². The van der Waals surface area contributed by atoms with Crippen molar-refractivity contribution >= 4 is 114 Å². The van der Waals surface area contributed by atoms with Crippen LogP contribution >= 0.6 is 0 Å². The fraction of sp³-hybridized carbons (Fsp3) is 0.739. The number of β-amino-alcohol motifs (C(OH)–C–C–N with tert-alkyl or cyclic N) is 1. The lowest BCUT2D eigenvalue weighted by molar-refractivity contribution is -0.148. The average Bonchev–Trinajstić information content (AvgIpc) is 4.32. The molecule has 9 radical (unpaired) electrons. The van der Waals surface area contributed by atoms with E-state index in [0.717, 1.165) is 73.5 Å². The van der Waals surface area contributed by atoms with E-state index in [1.165, 1.54) is 61.5 Å². The van der Waals surface area contributed by atoms with Gasteiger partial charge in [0.2, 0.25) is 0 Å². The molecule has 7 aliphatic rings. The van der Waals surface area contributed by atoms with Crippen molar-refractivity contribution < 1.29 is 88.1 Å². The van der Waals surface area contributed by atoms with Gasteiger partial charge in [-0.25, -0.2) is 24.0 Å². The van der Waals surface area contributed by atoms with Crippen molar-refractivity contribution in [3.05, 3.63) is 35.1 Å². The third-order valence-corrected chi connectivity index (χ3v) is 13.0. The molecule has 0 aromatic rings. The van der Waals surface area contributed by atoms with Crippen molar-refractivity contribution in [2.45, 2.75) is 127 Å². The summed E-state index contributed by atoms with van der Waals surface area (Å²) in [6, 6.07) is -2.74. The van der Waals surface area contributed by atoms with E-state index < -0.39 is 80.9 Å². The van der Waals surface area contributed by atoms with Crippen molar-refractivity contribution in [1.82, 2.24) is 19.6 Å². The molecule has 0 unspecified atom stereocenters. The highest BCUT2D eigenvalue weighted by Crippen LogP contribution is 2.46. The van der Waals surface area contributed by atoms with Crippen LogP contribution in [0, 0.1) is 23.7 Å². The molecule has 435 valence electrons. The second-order valence-electron chi connectivity index (χ2n) is 20.1. The summed E-state index contributed by atoms with van der Waals surface area (Å²) in [6.07, 6.45) is 10.1. The molecule has 2 amide bonds. The minimum Gasteiger partial charge on any atom is -0.468 e. The molecular formula is C46H78B9F3N4O16S-3. The van der Waals surface area contributed by atoms with Crippen molar-refractivity contribution in [3.63, 3.8) is 0 Å². The summed E-state index contributed by atoms with van der Waals surface area (Å²) in [7, 11) is 23.7. The Kier molecular flexibility index (Phi) is 30.3. The molecule has 4 fully saturated rings. The number of rotatable bonds is 9. The fourth-order valence-electron chi connectivity index (χ4n) is 8.39. The maximum atomic E-state index is 12.2. The Hall–Kier alpha value is -4.36. The van der Waals surface area contributed by atoms with Crippen LogP contribution in [0.25, 0.3) is 0 Å². The van der Waals surface area contributed by atoms with Gasteiger partial charge in [-0.05, 0) is 137 Å². The van der Waals surface area contributed by atoms with Crippen molar-refractivity contribution in [2.75, 3.05) is 68.7 Å². The summed E-state index contributed by atoms with van der Waals surface area (Å²) in [5.74, 6) is -1.36. The van der Waals surface area contributed by atoms with Gasteiger partial charge in [0.25, 0.3) is 0 Å². The van der Waals surface area contributed by atoms with E-state index in [2.05, 4.69) is 37.5 Å². The molecule has 0 aromatic carbocycles. The standard InChI is InChI=1S/C14H23NO5.C14H21NO4.C10H15NO2.C8H10F3NO5S.B3H6.B3H3.B3/c1-14(2,3)20-13(18)15-7-9(16)10(8-5-6-8)11(15)12(17)19-4;1-14(2,3)19-13(17)15-8-7-10(9-5-6-9)11(15)12(16)18-4;1-11-6-5-8(7-3-4-7)9(11)10(12)13-2;1-12-4-3-5(6(12)7(13)16-2)17-18(14,15)8(9,10)11;3*1-3-2/h8-11,16H,5-7H2,1-4H3;7,9,11H,5-6,8H2,1-4H3;5,7,9H,3-4,6H2,1-2H3;3,6H,4H2,1-2H3;1-2H3;1H3;/q;;;;-2;-1;/t9-,10+,11-;11-;9-;6-;;;/m0000.../s1. The molecule has 4 aliphatic heterocycles. The van der Waals surface area contributed by atoms with Crippen LogP contribution in [0.1, 0.15) is 80.1 Å². The largest absolute Gasteiger partial charge is 0.534 e. The molecule has 33 heteroatoms. The lowest BCUT2D eigenvalue weighted by atomic mass is 9.40. The Balaban J connectivity index is 0.000000504. The quantitative estimate of drug-likeness (QED) is 0.0690. The van der Waals surface area contributed by atoms with E-state index in [-0.39, 0.29) is 37.0 Å². The van der Waals surface area contributed by atoms with Gasteiger partial charge in [0.05, 0.1) is 41.1 Å². The molecule has 6 atom stereocenters. The summed E-state index contributed by atoms with van der Waals surface area (Å²) < 4.78 is 91.4. The number of carbonyl (C=O) groups is 6. The van der Waals surface area contributed by atoms with E-state index >= 15 is 0 Å². The number of carbonyl (C=O) groups excluding carboxylic acids is 6. The minimum atomic E-state index is -5.78. The highest BCUT2D eigenvalue weighted by Gasteiger charge is 2.55. The number of hydrogen-bond acceptors (Lipinski definition) is 18. The lowest BCUT2D eigenvalue weighted by Gasteiger charge is -2.28. The normalized spacial score (nSPS) is 23.4. The molecule has 3 aliphatic carbocycles. The first kappa shape index (κ1) is 72.7. The minimum absolute atomic E-state index is 0.0719. The smallest absolute Gasteiger partial charge is 0.468 e. The molecule has 0 bridgehead atoms. The first-order chi connectivity index (χ1) is 36.7.